The zero-order chi connectivity index (χ0) is 13.9. The standard InChI is InChI=1S/C17H25FN2/c1-2-9-19-10-15-16(18)7-4-8-17(15)20-11-13-5-3-6-14(13)12-20/h4,7-8,13-14,19H,2-3,5-6,9-12H2,1H3. The first-order chi connectivity index (χ1) is 9.79. The second-order valence-electron chi connectivity index (χ2n) is 6.27. The lowest BCUT2D eigenvalue weighted by molar-refractivity contribution is 0.494. The van der Waals surface area contributed by atoms with Crippen molar-refractivity contribution in [2.24, 2.45) is 11.8 Å². The number of benzene rings is 1. The highest BCUT2D eigenvalue weighted by molar-refractivity contribution is 5.55. The summed E-state index contributed by atoms with van der Waals surface area (Å²) < 4.78 is 14.2. The Kier molecular flexibility index (Phi) is 4.25. The SMILES string of the molecule is CCCNCc1c(F)cccc1N1CC2CCCC2C1. The van der Waals surface area contributed by atoms with Crippen molar-refractivity contribution in [3.05, 3.63) is 29.6 Å². The minimum absolute atomic E-state index is 0.0665. The average molecular weight is 276 g/mol. The van der Waals surface area contributed by atoms with Gasteiger partial charge in [-0.1, -0.05) is 19.4 Å². The fourth-order valence-electron chi connectivity index (χ4n) is 3.84. The van der Waals surface area contributed by atoms with Crippen molar-refractivity contribution in [2.45, 2.75) is 39.2 Å². The van der Waals surface area contributed by atoms with Crippen molar-refractivity contribution >= 4 is 5.69 Å². The molecule has 0 radical (unpaired) electrons. The largest absolute Gasteiger partial charge is 0.371 e. The molecule has 1 N–H and O–H groups in total. The van der Waals surface area contributed by atoms with Crippen LogP contribution in [0.25, 0.3) is 0 Å². The zero-order valence-electron chi connectivity index (χ0n) is 12.4. The summed E-state index contributed by atoms with van der Waals surface area (Å²) in [5.74, 6) is 1.62. The fourth-order valence-corrected chi connectivity index (χ4v) is 3.84. The van der Waals surface area contributed by atoms with E-state index in [4.69, 9.17) is 0 Å². The van der Waals surface area contributed by atoms with Gasteiger partial charge >= 0.3 is 0 Å². The molecule has 3 heteroatoms. The Bertz CT molecular complexity index is 448. The summed E-state index contributed by atoms with van der Waals surface area (Å²) in [5.41, 5.74) is 1.96. The van der Waals surface area contributed by atoms with Crippen LogP contribution in [-0.4, -0.2) is 19.6 Å². The van der Waals surface area contributed by atoms with Crippen LogP contribution < -0.4 is 10.2 Å². The van der Waals surface area contributed by atoms with Crippen LogP contribution >= 0.6 is 0 Å². The van der Waals surface area contributed by atoms with Gasteiger partial charge in [-0.2, -0.15) is 0 Å². The molecule has 1 aliphatic heterocycles. The maximum Gasteiger partial charge on any atom is 0.129 e. The second kappa shape index (κ2) is 6.13. The summed E-state index contributed by atoms with van der Waals surface area (Å²) in [6, 6.07) is 5.53. The van der Waals surface area contributed by atoms with Crippen LogP contribution in [0.15, 0.2) is 18.2 Å². The molecule has 1 aromatic rings. The highest BCUT2D eigenvalue weighted by Crippen LogP contribution is 2.40. The highest BCUT2D eigenvalue weighted by Gasteiger charge is 2.36. The molecule has 3 rings (SSSR count). The van der Waals surface area contributed by atoms with Gasteiger partial charge in [-0.3, -0.25) is 0 Å². The first-order valence-corrected chi connectivity index (χ1v) is 8.02. The third-order valence-electron chi connectivity index (χ3n) is 4.89. The summed E-state index contributed by atoms with van der Waals surface area (Å²) in [4.78, 5) is 2.42. The molecule has 2 unspecified atom stereocenters. The third kappa shape index (κ3) is 2.69. The van der Waals surface area contributed by atoms with Crippen molar-refractivity contribution in [3.63, 3.8) is 0 Å². The van der Waals surface area contributed by atoms with Gasteiger partial charge in [0.1, 0.15) is 5.82 Å². The Morgan fingerprint density at radius 2 is 2.00 bits per heavy atom. The van der Waals surface area contributed by atoms with Gasteiger partial charge in [-0.25, -0.2) is 4.39 Å². The number of nitrogens with one attached hydrogen (secondary N) is 1. The fraction of sp³-hybridized carbons (Fsp3) is 0.647. The smallest absolute Gasteiger partial charge is 0.129 e. The number of nitrogens with zero attached hydrogens (tertiary/aromatic N) is 1. The molecule has 0 amide bonds. The normalized spacial score (nSPS) is 25.2. The monoisotopic (exact) mass is 276 g/mol. The van der Waals surface area contributed by atoms with Crippen molar-refractivity contribution in [3.8, 4) is 0 Å². The maximum atomic E-state index is 14.2. The molecule has 1 heterocycles. The Morgan fingerprint density at radius 1 is 1.25 bits per heavy atom. The molecule has 1 saturated carbocycles. The second-order valence-corrected chi connectivity index (χ2v) is 6.27. The van der Waals surface area contributed by atoms with Crippen molar-refractivity contribution < 1.29 is 4.39 Å². The van der Waals surface area contributed by atoms with Gasteiger partial charge in [0, 0.05) is 30.9 Å². The first kappa shape index (κ1) is 13.9. The van der Waals surface area contributed by atoms with E-state index in [0.29, 0.717) is 6.54 Å². The molecule has 1 saturated heterocycles. The summed E-state index contributed by atoms with van der Waals surface area (Å²) in [6.07, 6.45) is 5.19. The van der Waals surface area contributed by atoms with E-state index in [2.05, 4.69) is 23.2 Å². The first-order valence-electron chi connectivity index (χ1n) is 8.02. The number of hydrogen-bond acceptors (Lipinski definition) is 2. The predicted octanol–water partition coefficient (Wildman–Crippen LogP) is 3.56. The number of anilines is 1. The molecule has 2 aliphatic rings. The van der Waals surface area contributed by atoms with E-state index in [1.165, 1.54) is 19.3 Å². The molecular formula is C17H25FN2. The summed E-state index contributed by atoms with van der Waals surface area (Å²) in [6.45, 7) is 5.96. The van der Waals surface area contributed by atoms with Crippen LogP contribution in [0.4, 0.5) is 10.1 Å². The van der Waals surface area contributed by atoms with Gasteiger partial charge in [0.15, 0.2) is 0 Å². The zero-order valence-corrected chi connectivity index (χ0v) is 12.4. The highest BCUT2D eigenvalue weighted by atomic mass is 19.1. The summed E-state index contributed by atoms with van der Waals surface area (Å²) in [5, 5.41) is 3.34. The van der Waals surface area contributed by atoms with E-state index in [-0.39, 0.29) is 5.82 Å². The number of rotatable bonds is 5. The van der Waals surface area contributed by atoms with E-state index in [1.54, 1.807) is 6.07 Å². The lowest BCUT2D eigenvalue weighted by atomic mass is 10.0. The Labute approximate surface area is 121 Å². The van der Waals surface area contributed by atoms with Crippen molar-refractivity contribution in [1.29, 1.82) is 0 Å². The molecule has 0 bridgehead atoms. The van der Waals surface area contributed by atoms with Crippen LogP contribution in [0, 0.1) is 17.7 Å². The summed E-state index contributed by atoms with van der Waals surface area (Å²) >= 11 is 0. The quantitative estimate of drug-likeness (QED) is 0.827. The molecule has 110 valence electrons. The van der Waals surface area contributed by atoms with E-state index < -0.39 is 0 Å². The molecule has 2 nitrogen and oxygen atoms in total. The molecule has 2 atom stereocenters. The third-order valence-corrected chi connectivity index (χ3v) is 4.89. The number of fused-ring (bicyclic) bond motifs is 1. The van der Waals surface area contributed by atoms with E-state index in [1.807, 2.05) is 6.07 Å². The van der Waals surface area contributed by atoms with Crippen LogP contribution in [0.5, 0.6) is 0 Å². The van der Waals surface area contributed by atoms with Gasteiger partial charge in [0.05, 0.1) is 0 Å². The molecule has 2 fully saturated rings. The Balaban J connectivity index is 1.76. The topological polar surface area (TPSA) is 15.3 Å². The van der Waals surface area contributed by atoms with Crippen LogP contribution in [0.2, 0.25) is 0 Å². The Hall–Kier alpha value is -1.09. The molecule has 20 heavy (non-hydrogen) atoms. The maximum absolute atomic E-state index is 14.2. The van der Waals surface area contributed by atoms with E-state index >= 15 is 0 Å². The van der Waals surface area contributed by atoms with Gasteiger partial charge < -0.3 is 10.2 Å². The molecule has 1 aliphatic carbocycles. The lowest BCUT2D eigenvalue weighted by Gasteiger charge is -2.23. The molecule has 0 aromatic heterocycles. The van der Waals surface area contributed by atoms with Crippen molar-refractivity contribution in [2.75, 3.05) is 24.5 Å². The van der Waals surface area contributed by atoms with Gasteiger partial charge in [-0.15, -0.1) is 0 Å². The molecule has 1 aromatic carbocycles. The van der Waals surface area contributed by atoms with Crippen LogP contribution in [-0.2, 0) is 6.54 Å². The van der Waals surface area contributed by atoms with E-state index in [9.17, 15) is 4.39 Å². The minimum atomic E-state index is -0.0665. The van der Waals surface area contributed by atoms with E-state index in [0.717, 1.165) is 49.1 Å². The minimum Gasteiger partial charge on any atom is -0.371 e. The van der Waals surface area contributed by atoms with Gasteiger partial charge in [-0.05, 0) is 49.8 Å². The molecular weight excluding hydrogens is 251 g/mol. The predicted molar refractivity (Wildman–Crippen MR) is 81.4 cm³/mol. The lowest BCUT2D eigenvalue weighted by Crippen LogP contribution is -2.24. The van der Waals surface area contributed by atoms with Gasteiger partial charge in [0.25, 0.3) is 0 Å². The average Bonchev–Trinajstić information content (AvgIpc) is 3.01. The van der Waals surface area contributed by atoms with Crippen LogP contribution in [0.1, 0.15) is 38.2 Å². The Morgan fingerprint density at radius 3 is 2.70 bits per heavy atom. The molecule has 0 spiro atoms. The number of halogens is 1. The van der Waals surface area contributed by atoms with Gasteiger partial charge in [0.2, 0.25) is 0 Å². The van der Waals surface area contributed by atoms with Crippen LogP contribution in [0.3, 0.4) is 0 Å². The summed E-state index contributed by atoms with van der Waals surface area (Å²) in [7, 11) is 0. The number of hydrogen-bond donors (Lipinski definition) is 1. The van der Waals surface area contributed by atoms with Crippen molar-refractivity contribution in [1.82, 2.24) is 5.32 Å².